The Hall–Kier alpha value is -2.14. The van der Waals surface area contributed by atoms with E-state index < -0.39 is 10.6 Å². The second-order valence-corrected chi connectivity index (χ2v) is 11.3. The number of aromatic nitrogens is 2. The summed E-state index contributed by atoms with van der Waals surface area (Å²) in [6, 6.07) is 8.54. The Balaban J connectivity index is 1.53. The van der Waals surface area contributed by atoms with Gasteiger partial charge in [0, 0.05) is 45.6 Å². The van der Waals surface area contributed by atoms with E-state index in [0.717, 1.165) is 12.8 Å². The Morgan fingerprint density at radius 1 is 1.15 bits per heavy atom. The van der Waals surface area contributed by atoms with Crippen LogP contribution >= 0.6 is 10.6 Å². The molecule has 10 heteroatoms. The Morgan fingerprint density at radius 2 is 1.85 bits per heavy atom. The van der Waals surface area contributed by atoms with Gasteiger partial charge in [0.25, 0.3) is 0 Å². The summed E-state index contributed by atoms with van der Waals surface area (Å²) < 4.78 is 30.5. The van der Waals surface area contributed by atoms with Crippen LogP contribution in [0.15, 0.2) is 28.8 Å². The molecule has 2 aliphatic rings. The molecule has 0 radical (unpaired) electrons. The van der Waals surface area contributed by atoms with Crippen LogP contribution in [0.4, 0.5) is 4.79 Å². The van der Waals surface area contributed by atoms with Crippen molar-refractivity contribution in [2.45, 2.75) is 38.0 Å². The van der Waals surface area contributed by atoms with Crippen molar-refractivity contribution in [3.63, 3.8) is 0 Å². The van der Waals surface area contributed by atoms with Gasteiger partial charge in [0.2, 0.25) is 5.89 Å². The molecule has 2 unspecified atom stereocenters. The Morgan fingerprint density at radius 3 is 2.52 bits per heavy atom. The fourth-order valence-electron chi connectivity index (χ4n) is 4.55. The minimum Gasteiger partial charge on any atom is -0.384 e. The molecule has 3 heterocycles. The molecule has 2 fully saturated rings. The molecule has 1 aromatic heterocycles. The third-order valence-electron chi connectivity index (χ3n) is 6.59. The number of hydrogen-bond donors (Lipinski definition) is 2. The highest BCUT2D eigenvalue weighted by Gasteiger charge is 2.37. The normalized spacial score (nSPS) is 24.0. The first kappa shape index (κ1) is 24.0. The zero-order valence-corrected chi connectivity index (χ0v) is 20.2. The number of amides is 2. The average Bonchev–Trinajstić information content (AvgIpc) is 3.31. The quantitative estimate of drug-likeness (QED) is 0.653. The van der Waals surface area contributed by atoms with Crippen LogP contribution in [0.25, 0.3) is 0 Å². The van der Waals surface area contributed by atoms with Crippen molar-refractivity contribution in [3.05, 3.63) is 47.1 Å². The number of piperidine rings is 1. The van der Waals surface area contributed by atoms with Crippen molar-refractivity contribution in [2.24, 2.45) is 0 Å². The van der Waals surface area contributed by atoms with E-state index in [-0.39, 0.29) is 29.4 Å². The van der Waals surface area contributed by atoms with Crippen LogP contribution in [0.1, 0.15) is 48.0 Å². The van der Waals surface area contributed by atoms with E-state index in [1.165, 1.54) is 11.1 Å². The van der Waals surface area contributed by atoms with E-state index >= 15 is 0 Å². The number of benzene rings is 1. The van der Waals surface area contributed by atoms with Crippen molar-refractivity contribution in [1.82, 2.24) is 19.9 Å². The van der Waals surface area contributed by atoms with Gasteiger partial charge in [-0.15, -0.1) is 0 Å². The highest BCUT2D eigenvalue weighted by molar-refractivity contribution is 8.24. The van der Waals surface area contributed by atoms with Gasteiger partial charge in [0.05, 0.1) is 24.0 Å². The average molecular weight is 479 g/mol. The summed E-state index contributed by atoms with van der Waals surface area (Å²) in [7, 11) is -0.916. The lowest BCUT2D eigenvalue weighted by molar-refractivity contribution is 0.129. The third-order valence-corrected chi connectivity index (χ3v) is 8.26. The monoisotopic (exact) mass is 478 g/mol. The molecule has 0 spiro atoms. The standard InChI is InChI=1S/C23H34N4O5S/c1-3-17-4-6-18(7-5-17)19-14-20(22-24-21(25-32-22)8-11-31-2)16-27(15-19)23(28)26-9-12-33(29,30)13-10-26/h4-7,19-20,29-30H,3,8-16H2,1-2H3. The lowest BCUT2D eigenvalue weighted by Gasteiger charge is -2.44. The Kier molecular flexibility index (Phi) is 7.58. The summed E-state index contributed by atoms with van der Waals surface area (Å²) in [5, 5.41) is 4.09. The van der Waals surface area contributed by atoms with Crippen LogP contribution in [0.2, 0.25) is 0 Å². The number of nitrogens with zero attached hydrogens (tertiary/aromatic N) is 4. The molecule has 0 saturated carbocycles. The highest BCUT2D eigenvalue weighted by Crippen LogP contribution is 2.41. The predicted octanol–water partition coefficient (Wildman–Crippen LogP) is 3.58. The number of likely N-dealkylation sites (tertiary alicyclic amines) is 1. The second-order valence-electron chi connectivity index (χ2n) is 8.90. The molecule has 1 aromatic carbocycles. The number of urea groups is 1. The Labute approximate surface area is 196 Å². The van der Waals surface area contributed by atoms with Gasteiger partial charge in [-0.1, -0.05) is 36.3 Å². The molecular weight excluding hydrogens is 444 g/mol. The second kappa shape index (κ2) is 10.4. The number of carbonyl (C=O) groups excluding carboxylic acids is 1. The first-order chi connectivity index (χ1) is 15.9. The van der Waals surface area contributed by atoms with Crippen molar-refractivity contribution in [2.75, 3.05) is 51.4 Å². The van der Waals surface area contributed by atoms with E-state index in [1.54, 1.807) is 12.0 Å². The summed E-state index contributed by atoms with van der Waals surface area (Å²) in [6.45, 7) is 4.49. The fraction of sp³-hybridized carbons (Fsp3) is 0.609. The lowest BCUT2D eigenvalue weighted by atomic mass is 9.84. The molecule has 9 nitrogen and oxygen atoms in total. The van der Waals surface area contributed by atoms with Gasteiger partial charge >= 0.3 is 6.03 Å². The molecular formula is C23H34N4O5S. The van der Waals surface area contributed by atoms with Crippen LogP contribution in [-0.4, -0.2) is 86.5 Å². The molecule has 182 valence electrons. The number of ether oxygens (including phenoxy) is 1. The summed E-state index contributed by atoms with van der Waals surface area (Å²) in [5.74, 6) is 1.74. The number of aryl methyl sites for hydroxylation is 1. The smallest absolute Gasteiger partial charge is 0.320 e. The highest BCUT2D eigenvalue weighted by atomic mass is 32.3. The van der Waals surface area contributed by atoms with Gasteiger partial charge < -0.3 is 19.1 Å². The maximum Gasteiger partial charge on any atom is 0.320 e. The number of hydrogen-bond acceptors (Lipinski definition) is 7. The van der Waals surface area contributed by atoms with Crippen molar-refractivity contribution < 1.29 is 23.2 Å². The third kappa shape index (κ3) is 5.87. The van der Waals surface area contributed by atoms with Crippen LogP contribution in [0.5, 0.6) is 0 Å². The SMILES string of the molecule is CCc1ccc(C2CC(c3nc(CCOC)no3)CN(C(=O)N3CCS(O)(O)CC3)C2)cc1. The van der Waals surface area contributed by atoms with Gasteiger partial charge in [0.15, 0.2) is 5.82 Å². The molecule has 33 heavy (non-hydrogen) atoms. The molecule has 2 aliphatic heterocycles. The van der Waals surface area contributed by atoms with Gasteiger partial charge in [-0.25, -0.2) is 4.79 Å². The molecule has 2 saturated heterocycles. The van der Waals surface area contributed by atoms with Crippen LogP contribution in [0, 0.1) is 0 Å². The van der Waals surface area contributed by atoms with Crippen LogP contribution in [-0.2, 0) is 17.6 Å². The summed E-state index contributed by atoms with van der Waals surface area (Å²) >= 11 is 0. The summed E-state index contributed by atoms with van der Waals surface area (Å²) in [4.78, 5) is 21.6. The first-order valence-electron chi connectivity index (χ1n) is 11.6. The van der Waals surface area contributed by atoms with Crippen LogP contribution < -0.4 is 0 Å². The molecule has 2 amide bonds. The molecule has 2 N–H and O–H groups in total. The van der Waals surface area contributed by atoms with Gasteiger partial charge in [0.1, 0.15) is 0 Å². The zero-order chi connectivity index (χ0) is 23.4. The fourth-order valence-corrected chi connectivity index (χ4v) is 5.78. The predicted molar refractivity (Wildman–Crippen MR) is 127 cm³/mol. The maximum atomic E-state index is 13.4. The molecule has 2 atom stereocenters. The van der Waals surface area contributed by atoms with E-state index in [9.17, 15) is 13.9 Å². The molecule has 0 bridgehead atoms. The van der Waals surface area contributed by atoms with Gasteiger partial charge in [-0.05, 0) is 24.0 Å². The zero-order valence-electron chi connectivity index (χ0n) is 19.4. The topological polar surface area (TPSA) is 112 Å². The van der Waals surface area contributed by atoms with Crippen molar-refractivity contribution in [1.29, 1.82) is 0 Å². The van der Waals surface area contributed by atoms with E-state index in [2.05, 4.69) is 41.3 Å². The number of carbonyl (C=O) groups is 1. The first-order valence-corrected chi connectivity index (χ1v) is 13.4. The lowest BCUT2D eigenvalue weighted by Crippen LogP contribution is -2.52. The van der Waals surface area contributed by atoms with E-state index in [4.69, 9.17) is 9.26 Å². The number of methoxy groups -OCH3 is 1. The molecule has 4 rings (SSSR count). The number of rotatable bonds is 6. The van der Waals surface area contributed by atoms with Crippen molar-refractivity contribution in [3.8, 4) is 0 Å². The summed E-state index contributed by atoms with van der Waals surface area (Å²) in [6.07, 6.45) is 2.39. The maximum absolute atomic E-state index is 13.4. The van der Waals surface area contributed by atoms with Gasteiger partial charge in [-0.3, -0.25) is 9.11 Å². The minimum absolute atomic E-state index is 0.0625. The molecule has 2 aromatic rings. The minimum atomic E-state index is -2.55. The van der Waals surface area contributed by atoms with E-state index in [1.807, 2.05) is 4.90 Å². The largest absolute Gasteiger partial charge is 0.384 e. The van der Waals surface area contributed by atoms with Crippen LogP contribution in [0.3, 0.4) is 0 Å². The van der Waals surface area contributed by atoms with Gasteiger partial charge in [-0.2, -0.15) is 15.6 Å². The van der Waals surface area contributed by atoms with Crippen molar-refractivity contribution >= 4 is 16.6 Å². The molecule has 0 aliphatic carbocycles. The van der Waals surface area contributed by atoms with E-state index in [0.29, 0.717) is 50.9 Å². The summed E-state index contributed by atoms with van der Waals surface area (Å²) in [5.41, 5.74) is 2.48. The Bertz CT molecular complexity index is 925.